The first-order chi connectivity index (χ1) is 12.8. The SMILES string of the molecule is NC(=O)CNC(=O)CCc1c(-c2ccc(F)cc2)[nH]c2c(F)cc(Cl)cc12. The number of aryl methyl sites for hydroxylation is 1. The maximum Gasteiger partial charge on any atom is 0.236 e. The summed E-state index contributed by atoms with van der Waals surface area (Å²) in [5.41, 5.74) is 7.16. The highest BCUT2D eigenvalue weighted by Crippen LogP contribution is 2.34. The summed E-state index contributed by atoms with van der Waals surface area (Å²) in [7, 11) is 0. The number of aromatic amines is 1. The molecular weight excluding hydrogens is 376 g/mol. The lowest BCUT2D eigenvalue weighted by Gasteiger charge is -2.06. The second-order valence-corrected chi connectivity index (χ2v) is 6.48. The van der Waals surface area contributed by atoms with Gasteiger partial charge in [0, 0.05) is 22.5 Å². The number of amides is 2. The van der Waals surface area contributed by atoms with E-state index in [9.17, 15) is 18.4 Å². The van der Waals surface area contributed by atoms with Crippen molar-refractivity contribution in [2.24, 2.45) is 5.73 Å². The number of benzene rings is 2. The van der Waals surface area contributed by atoms with Crippen LogP contribution in [0.15, 0.2) is 36.4 Å². The molecule has 1 aromatic heterocycles. The molecule has 0 aliphatic heterocycles. The van der Waals surface area contributed by atoms with E-state index in [4.69, 9.17) is 17.3 Å². The van der Waals surface area contributed by atoms with Crippen LogP contribution in [0, 0.1) is 11.6 Å². The molecule has 3 aromatic rings. The number of nitrogens with two attached hydrogens (primary N) is 1. The fourth-order valence-corrected chi connectivity index (χ4v) is 3.11. The lowest BCUT2D eigenvalue weighted by molar-refractivity contribution is -0.124. The highest BCUT2D eigenvalue weighted by Gasteiger charge is 2.18. The molecule has 0 atom stereocenters. The molecule has 0 saturated heterocycles. The van der Waals surface area contributed by atoms with Gasteiger partial charge in [-0.1, -0.05) is 11.6 Å². The van der Waals surface area contributed by atoms with Crippen LogP contribution in [0.5, 0.6) is 0 Å². The summed E-state index contributed by atoms with van der Waals surface area (Å²) in [4.78, 5) is 25.7. The maximum absolute atomic E-state index is 14.3. The van der Waals surface area contributed by atoms with E-state index in [0.29, 0.717) is 22.2 Å². The van der Waals surface area contributed by atoms with Crippen LogP contribution in [0.2, 0.25) is 5.02 Å². The zero-order valence-corrected chi connectivity index (χ0v) is 14.9. The van der Waals surface area contributed by atoms with Crippen LogP contribution < -0.4 is 11.1 Å². The number of hydrogen-bond donors (Lipinski definition) is 3. The molecule has 140 valence electrons. The number of H-pyrrole nitrogens is 1. The second-order valence-electron chi connectivity index (χ2n) is 6.04. The fraction of sp³-hybridized carbons (Fsp3) is 0.158. The Hall–Kier alpha value is -2.93. The number of carbonyl (C=O) groups excluding carboxylic acids is 2. The summed E-state index contributed by atoms with van der Waals surface area (Å²) in [6, 6.07) is 8.53. The first-order valence-corrected chi connectivity index (χ1v) is 8.53. The molecule has 4 N–H and O–H groups in total. The molecule has 2 amide bonds. The van der Waals surface area contributed by atoms with Crippen LogP contribution in [0.3, 0.4) is 0 Å². The molecule has 0 spiro atoms. The molecular formula is C19H16ClF2N3O2. The van der Waals surface area contributed by atoms with E-state index in [1.807, 2.05) is 0 Å². The van der Waals surface area contributed by atoms with Gasteiger partial charge in [0.25, 0.3) is 0 Å². The van der Waals surface area contributed by atoms with Gasteiger partial charge in [0.05, 0.1) is 12.1 Å². The van der Waals surface area contributed by atoms with Crippen molar-refractivity contribution in [1.29, 1.82) is 0 Å². The minimum atomic E-state index is -0.642. The lowest BCUT2D eigenvalue weighted by Crippen LogP contribution is -2.33. The number of primary amides is 1. The fourth-order valence-electron chi connectivity index (χ4n) is 2.91. The third kappa shape index (κ3) is 4.25. The van der Waals surface area contributed by atoms with Gasteiger partial charge in [0.15, 0.2) is 0 Å². The van der Waals surface area contributed by atoms with Crippen LogP contribution in [-0.4, -0.2) is 23.3 Å². The minimum Gasteiger partial charge on any atom is -0.368 e. The van der Waals surface area contributed by atoms with Crippen molar-refractivity contribution in [3.63, 3.8) is 0 Å². The van der Waals surface area contributed by atoms with Crippen molar-refractivity contribution in [2.75, 3.05) is 6.54 Å². The summed E-state index contributed by atoms with van der Waals surface area (Å²) < 4.78 is 27.6. The lowest BCUT2D eigenvalue weighted by atomic mass is 10.0. The van der Waals surface area contributed by atoms with Crippen molar-refractivity contribution in [3.05, 3.63) is 58.6 Å². The van der Waals surface area contributed by atoms with Crippen LogP contribution in [0.25, 0.3) is 22.2 Å². The molecule has 0 fully saturated rings. The number of hydrogen-bond acceptors (Lipinski definition) is 2. The first-order valence-electron chi connectivity index (χ1n) is 8.15. The van der Waals surface area contributed by atoms with Gasteiger partial charge in [0.1, 0.15) is 11.6 Å². The topological polar surface area (TPSA) is 88.0 Å². The molecule has 3 rings (SSSR count). The molecule has 0 unspecified atom stereocenters. The van der Waals surface area contributed by atoms with Crippen molar-refractivity contribution >= 4 is 34.3 Å². The van der Waals surface area contributed by atoms with Gasteiger partial charge in [0.2, 0.25) is 11.8 Å². The molecule has 2 aromatic carbocycles. The predicted molar refractivity (Wildman–Crippen MR) is 99.2 cm³/mol. The zero-order valence-electron chi connectivity index (χ0n) is 14.1. The van der Waals surface area contributed by atoms with Crippen LogP contribution in [0.1, 0.15) is 12.0 Å². The van der Waals surface area contributed by atoms with E-state index in [1.165, 1.54) is 18.2 Å². The van der Waals surface area contributed by atoms with Crippen molar-refractivity contribution < 1.29 is 18.4 Å². The van der Waals surface area contributed by atoms with Crippen LogP contribution in [0.4, 0.5) is 8.78 Å². The van der Waals surface area contributed by atoms with Crippen molar-refractivity contribution in [2.45, 2.75) is 12.8 Å². The van der Waals surface area contributed by atoms with E-state index in [1.54, 1.807) is 18.2 Å². The largest absolute Gasteiger partial charge is 0.368 e. The quantitative estimate of drug-likeness (QED) is 0.602. The average Bonchev–Trinajstić information content (AvgIpc) is 2.97. The Labute approximate surface area is 158 Å². The molecule has 8 heteroatoms. The Morgan fingerprint density at radius 1 is 1.15 bits per heavy atom. The van der Waals surface area contributed by atoms with Crippen LogP contribution in [-0.2, 0) is 16.0 Å². The Bertz CT molecular complexity index is 1020. The summed E-state index contributed by atoms with van der Waals surface area (Å²) >= 11 is 5.99. The number of nitrogens with one attached hydrogen (secondary N) is 2. The average molecular weight is 392 g/mol. The Balaban J connectivity index is 2.00. The Morgan fingerprint density at radius 2 is 1.85 bits per heavy atom. The van der Waals surface area contributed by atoms with Gasteiger partial charge in [-0.3, -0.25) is 9.59 Å². The van der Waals surface area contributed by atoms with Gasteiger partial charge in [-0.15, -0.1) is 0 Å². The summed E-state index contributed by atoms with van der Waals surface area (Å²) in [6.07, 6.45) is 0.319. The monoisotopic (exact) mass is 391 g/mol. The molecule has 1 heterocycles. The summed E-state index contributed by atoms with van der Waals surface area (Å²) in [5.74, 6) is -1.92. The highest BCUT2D eigenvalue weighted by molar-refractivity contribution is 6.31. The minimum absolute atomic E-state index is 0.0581. The summed E-state index contributed by atoms with van der Waals surface area (Å²) in [5, 5.41) is 3.18. The molecule has 0 aliphatic carbocycles. The van der Waals surface area contributed by atoms with Gasteiger partial charge in [-0.25, -0.2) is 8.78 Å². The molecule has 0 aliphatic rings. The molecule has 5 nitrogen and oxygen atoms in total. The normalized spacial score (nSPS) is 10.9. The van der Waals surface area contributed by atoms with Crippen molar-refractivity contribution in [1.82, 2.24) is 10.3 Å². The Kier molecular flexibility index (Phi) is 5.41. The Morgan fingerprint density at radius 3 is 2.52 bits per heavy atom. The van der Waals surface area contributed by atoms with Crippen LogP contribution >= 0.6 is 11.6 Å². The number of aromatic nitrogens is 1. The standard InChI is InChI=1S/C19H16ClF2N3O2/c20-11-7-14-13(5-6-17(27)24-9-16(23)26)18(25-19(14)15(22)8-11)10-1-3-12(21)4-2-10/h1-4,7-8,25H,5-6,9H2,(H2,23,26)(H,24,27). The molecule has 0 saturated carbocycles. The number of rotatable bonds is 6. The predicted octanol–water partition coefficient (Wildman–Crippen LogP) is 3.30. The number of fused-ring (bicyclic) bond motifs is 1. The van der Waals surface area contributed by atoms with E-state index in [0.717, 1.165) is 0 Å². The van der Waals surface area contributed by atoms with E-state index in [-0.39, 0.29) is 35.8 Å². The molecule has 0 bridgehead atoms. The summed E-state index contributed by atoms with van der Waals surface area (Å²) in [6.45, 7) is -0.252. The molecule has 27 heavy (non-hydrogen) atoms. The van der Waals surface area contributed by atoms with Gasteiger partial charge in [-0.05, 0) is 53.9 Å². The first kappa shape index (κ1) is 18.8. The van der Waals surface area contributed by atoms with E-state index < -0.39 is 17.5 Å². The zero-order chi connectivity index (χ0) is 19.6. The third-order valence-electron chi connectivity index (χ3n) is 4.13. The van der Waals surface area contributed by atoms with Gasteiger partial charge in [-0.2, -0.15) is 0 Å². The van der Waals surface area contributed by atoms with E-state index in [2.05, 4.69) is 10.3 Å². The molecule has 0 radical (unpaired) electrons. The highest BCUT2D eigenvalue weighted by atomic mass is 35.5. The van der Waals surface area contributed by atoms with Crippen molar-refractivity contribution in [3.8, 4) is 11.3 Å². The van der Waals surface area contributed by atoms with Gasteiger partial charge >= 0.3 is 0 Å². The number of halogens is 3. The van der Waals surface area contributed by atoms with E-state index >= 15 is 0 Å². The number of carbonyl (C=O) groups is 2. The second kappa shape index (κ2) is 7.75. The van der Waals surface area contributed by atoms with Gasteiger partial charge < -0.3 is 16.0 Å². The smallest absolute Gasteiger partial charge is 0.236 e. The third-order valence-corrected chi connectivity index (χ3v) is 4.34. The maximum atomic E-state index is 14.3.